The molecule has 0 aliphatic carbocycles. The van der Waals surface area contributed by atoms with Gasteiger partial charge in [-0.2, -0.15) is 0 Å². The molecule has 0 spiro atoms. The van der Waals surface area contributed by atoms with Crippen molar-refractivity contribution in [2.45, 2.75) is 4.90 Å². The van der Waals surface area contributed by atoms with E-state index in [1.54, 1.807) is 0 Å². The van der Waals surface area contributed by atoms with Gasteiger partial charge in [0.2, 0.25) is 0 Å². The van der Waals surface area contributed by atoms with Gasteiger partial charge in [0.25, 0.3) is 10.0 Å². The lowest BCUT2D eigenvalue weighted by atomic mass is 10.2. The molecule has 0 aliphatic heterocycles. The number of rotatable bonds is 4. The Kier molecular flexibility index (Phi) is 3.90. The van der Waals surface area contributed by atoms with E-state index in [4.69, 9.17) is 5.11 Å². The number of hydrogen-bond acceptors (Lipinski definition) is 4. The average Bonchev–Trinajstić information content (AvgIpc) is 2.55. The van der Waals surface area contributed by atoms with Crippen LogP contribution in [0.3, 0.4) is 0 Å². The number of anilines is 1. The van der Waals surface area contributed by atoms with Crippen molar-refractivity contribution in [3.63, 3.8) is 0 Å². The first kappa shape index (κ1) is 15.9. The van der Waals surface area contributed by atoms with Gasteiger partial charge < -0.3 is 5.11 Å². The summed E-state index contributed by atoms with van der Waals surface area (Å²) in [5, 5.41) is 9.01. The van der Waals surface area contributed by atoms with Crippen LogP contribution in [-0.4, -0.2) is 24.5 Å². The van der Waals surface area contributed by atoms with Crippen molar-refractivity contribution in [1.82, 2.24) is 4.98 Å². The van der Waals surface area contributed by atoms with Gasteiger partial charge in [0.15, 0.2) is 0 Å². The Balaban J connectivity index is 2.02. The number of halogens is 1. The zero-order chi connectivity index (χ0) is 17.3. The highest BCUT2D eigenvalue weighted by Gasteiger charge is 2.19. The number of pyridine rings is 1. The minimum atomic E-state index is -3.99. The summed E-state index contributed by atoms with van der Waals surface area (Å²) in [6, 6.07) is 10.4. The van der Waals surface area contributed by atoms with Crippen LogP contribution in [0.2, 0.25) is 0 Å². The predicted molar refractivity (Wildman–Crippen MR) is 85.9 cm³/mol. The van der Waals surface area contributed by atoms with Crippen LogP contribution in [0.15, 0.2) is 59.6 Å². The van der Waals surface area contributed by atoms with Crippen molar-refractivity contribution >= 4 is 32.6 Å². The van der Waals surface area contributed by atoms with Crippen LogP contribution in [0.25, 0.3) is 10.9 Å². The second kappa shape index (κ2) is 5.89. The first-order valence-corrected chi connectivity index (χ1v) is 8.26. The van der Waals surface area contributed by atoms with Gasteiger partial charge in [0.1, 0.15) is 11.3 Å². The number of carbonyl (C=O) groups is 1. The lowest BCUT2D eigenvalue weighted by Gasteiger charge is -2.11. The Hall–Kier alpha value is -3.00. The van der Waals surface area contributed by atoms with Crippen molar-refractivity contribution in [2.75, 3.05) is 4.72 Å². The summed E-state index contributed by atoms with van der Waals surface area (Å²) in [7, 11) is -3.99. The van der Waals surface area contributed by atoms with Crippen LogP contribution >= 0.6 is 0 Å². The first-order chi connectivity index (χ1) is 11.4. The fourth-order valence-corrected chi connectivity index (χ4v) is 3.50. The van der Waals surface area contributed by atoms with E-state index in [0.29, 0.717) is 0 Å². The van der Waals surface area contributed by atoms with E-state index in [2.05, 4.69) is 9.71 Å². The molecule has 0 radical (unpaired) electrons. The Morgan fingerprint density at radius 2 is 1.79 bits per heavy atom. The lowest BCUT2D eigenvalue weighted by molar-refractivity contribution is 0.0697. The largest absolute Gasteiger partial charge is 0.478 e. The summed E-state index contributed by atoms with van der Waals surface area (Å²) in [6.45, 7) is 0. The third-order valence-electron chi connectivity index (χ3n) is 3.35. The van der Waals surface area contributed by atoms with Crippen LogP contribution in [0.5, 0.6) is 0 Å². The molecule has 0 unspecified atom stereocenters. The van der Waals surface area contributed by atoms with Gasteiger partial charge >= 0.3 is 5.97 Å². The number of fused-ring (bicyclic) bond motifs is 1. The zero-order valence-electron chi connectivity index (χ0n) is 12.1. The molecule has 1 heterocycles. The van der Waals surface area contributed by atoms with Crippen LogP contribution < -0.4 is 4.72 Å². The molecule has 0 fully saturated rings. The van der Waals surface area contributed by atoms with Crippen molar-refractivity contribution < 1.29 is 22.7 Å². The van der Waals surface area contributed by atoms with Gasteiger partial charge in [0, 0.05) is 17.3 Å². The molecule has 2 N–H and O–H groups in total. The van der Waals surface area contributed by atoms with Crippen LogP contribution in [0.1, 0.15) is 10.4 Å². The van der Waals surface area contributed by atoms with Gasteiger partial charge in [-0.3, -0.25) is 9.71 Å². The normalized spacial score (nSPS) is 11.4. The molecule has 8 heteroatoms. The maximum atomic E-state index is 13.8. The van der Waals surface area contributed by atoms with Gasteiger partial charge in [-0.25, -0.2) is 17.6 Å². The molecule has 0 saturated carbocycles. The van der Waals surface area contributed by atoms with E-state index in [1.165, 1.54) is 42.6 Å². The summed E-state index contributed by atoms with van der Waals surface area (Å²) >= 11 is 0. The van der Waals surface area contributed by atoms with E-state index < -0.39 is 21.8 Å². The molecule has 1 aromatic heterocycles. The van der Waals surface area contributed by atoms with Gasteiger partial charge in [-0.1, -0.05) is 0 Å². The molecule has 24 heavy (non-hydrogen) atoms. The fraction of sp³-hybridized carbons (Fsp3) is 0. The molecule has 3 rings (SSSR count). The van der Waals surface area contributed by atoms with Crippen LogP contribution in [0, 0.1) is 5.82 Å². The van der Waals surface area contributed by atoms with E-state index in [0.717, 1.165) is 12.1 Å². The number of nitrogens with zero attached hydrogens (tertiary/aromatic N) is 1. The molecule has 0 aliphatic rings. The van der Waals surface area contributed by atoms with E-state index in [9.17, 15) is 17.6 Å². The number of benzene rings is 2. The molecular weight excluding hydrogens is 335 g/mol. The molecule has 6 nitrogen and oxygen atoms in total. The summed E-state index contributed by atoms with van der Waals surface area (Å²) in [5.74, 6) is -1.73. The zero-order valence-corrected chi connectivity index (χ0v) is 12.9. The second-order valence-electron chi connectivity index (χ2n) is 4.93. The Labute approximate surface area is 136 Å². The number of carboxylic acid groups (broad SMARTS) is 1. The summed E-state index contributed by atoms with van der Waals surface area (Å²) in [6.07, 6.45) is 1.37. The number of aromatic carboxylic acids is 1. The first-order valence-electron chi connectivity index (χ1n) is 6.78. The number of carboxylic acids is 1. The minimum absolute atomic E-state index is 0.0365. The van der Waals surface area contributed by atoms with Gasteiger partial charge in [-0.15, -0.1) is 0 Å². The number of nitrogens with one attached hydrogen (secondary N) is 1. The highest BCUT2D eigenvalue weighted by atomic mass is 32.2. The third-order valence-corrected chi connectivity index (χ3v) is 4.79. The molecule has 2 aromatic carbocycles. The molecule has 0 bridgehead atoms. The molecule has 0 saturated heterocycles. The topological polar surface area (TPSA) is 96.4 Å². The van der Waals surface area contributed by atoms with E-state index >= 15 is 0 Å². The van der Waals surface area contributed by atoms with Crippen molar-refractivity contribution in [1.29, 1.82) is 0 Å². The molecule has 3 aromatic rings. The second-order valence-corrected chi connectivity index (χ2v) is 6.58. The van der Waals surface area contributed by atoms with E-state index in [1.807, 2.05) is 0 Å². The Bertz CT molecular complexity index is 1030. The fourth-order valence-electron chi connectivity index (χ4n) is 2.24. The highest BCUT2D eigenvalue weighted by molar-refractivity contribution is 7.93. The number of sulfonamides is 1. The van der Waals surface area contributed by atoms with Crippen molar-refractivity contribution in [3.8, 4) is 0 Å². The summed E-state index contributed by atoms with van der Waals surface area (Å²) < 4.78 is 41.2. The van der Waals surface area contributed by atoms with Crippen molar-refractivity contribution in [3.05, 3.63) is 66.1 Å². The monoisotopic (exact) mass is 346 g/mol. The van der Waals surface area contributed by atoms with Crippen LogP contribution in [0.4, 0.5) is 10.1 Å². The lowest BCUT2D eigenvalue weighted by Crippen LogP contribution is -2.14. The molecular formula is C16H11FN2O4S. The minimum Gasteiger partial charge on any atom is -0.478 e. The predicted octanol–water partition coefficient (Wildman–Crippen LogP) is 2.87. The third kappa shape index (κ3) is 2.91. The maximum Gasteiger partial charge on any atom is 0.335 e. The molecule has 0 atom stereocenters. The highest BCUT2D eigenvalue weighted by Crippen LogP contribution is 2.25. The standard InChI is InChI=1S/C16H11FN2O4S/c17-13-7-8-14(12-2-1-9-18-15(12)13)24(22,23)19-11-5-3-10(4-6-11)16(20)21/h1-9,19H,(H,20,21). The van der Waals surface area contributed by atoms with Crippen molar-refractivity contribution in [2.24, 2.45) is 0 Å². The number of hydrogen-bond donors (Lipinski definition) is 2. The quantitative estimate of drug-likeness (QED) is 0.757. The maximum absolute atomic E-state index is 13.8. The smallest absolute Gasteiger partial charge is 0.335 e. The van der Waals surface area contributed by atoms with Gasteiger partial charge in [-0.05, 0) is 48.5 Å². The molecule has 0 amide bonds. The average molecular weight is 346 g/mol. The van der Waals surface area contributed by atoms with Gasteiger partial charge in [0.05, 0.1) is 10.5 Å². The molecule has 122 valence electrons. The SMILES string of the molecule is O=C(O)c1ccc(NS(=O)(=O)c2ccc(F)c3ncccc23)cc1. The van der Waals surface area contributed by atoms with Crippen LogP contribution in [-0.2, 0) is 10.0 Å². The summed E-state index contributed by atoms with van der Waals surface area (Å²) in [5.41, 5.74) is 0.192. The van der Waals surface area contributed by atoms with E-state index in [-0.39, 0.29) is 27.0 Å². The summed E-state index contributed by atoms with van der Waals surface area (Å²) in [4.78, 5) is 14.6. The number of aromatic nitrogens is 1. The Morgan fingerprint density at radius 3 is 2.46 bits per heavy atom. The Morgan fingerprint density at radius 1 is 1.08 bits per heavy atom.